The summed E-state index contributed by atoms with van der Waals surface area (Å²) in [6.45, 7) is 14.1. The van der Waals surface area contributed by atoms with Gasteiger partial charge in [-0.3, -0.25) is 9.59 Å². The van der Waals surface area contributed by atoms with Crippen LogP contribution < -0.4 is 0 Å². The van der Waals surface area contributed by atoms with Gasteiger partial charge in [-0.15, -0.1) is 0 Å². The van der Waals surface area contributed by atoms with E-state index in [1.54, 1.807) is 13.0 Å². The maximum atomic E-state index is 12.7. The van der Waals surface area contributed by atoms with E-state index in [0.29, 0.717) is 12.0 Å². The Labute approximate surface area is 232 Å². The number of fused-ring (bicyclic) bond motifs is 5. The van der Waals surface area contributed by atoms with Crippen LogP contribution in [0.5, 0.6) is 0 Å². The summed E-state index contributed by atoms with van der Waals surface area (Å²) in [5.41, 5.74) is 1.49. The molecule has 1 saturated heterocycles. The Hall–Kier alpha value is -2.41. The zero-order valence-corrected chi connectivity index (χ0v) is 24.5. The number of carbonyl (C=O) groups excluding carboxylic acids is 3. The third-order valence-electron chi connectivity index (χ3n) is 11.4. The lowest BCUT2D eigenvalue weighted by Gasteiger charge is -2.58. The predicted octanol–water partition coefficient (Wildman–Crippen LogP) is 5.22. The van der Waals surface area contributed by atoms with Crippen LogP contribution in [0, 0.1) is 34.0 Å². The molecule has 0 radical (unpaired) electrons. The molecule has 5 rings (SSSR count). The van der Waals surface area contributed by atoms with Gasteiger partial charge in [-0.1, -0.05) is 32.9 Å². The average molecular weight is 541 g/mol. The number of cyclic esters (lactones) is 2. The molecular formula is C32H44O7. The minimum Gasteiger partial charge on any atom is -0.465 e. The van der Waals surface area contributed by atoms with E-state index in [-0.39, 0.29) is 59.5 Å². The van der Waals surface area contributed by atoms with E-state index >= 15 is 0 Å². The van der Waals surface area contributed by atoms with E-state index in [0.717, 1.165) is 25.7 Å². The summed E-state index contributed by atoms with van der Waals surface area (Å²) in [6.07, 6.45) is 9.31. The summed E-state index contributed by atoms with van der Waals surface area (Å²) in [5, 5.41) is 10.8. The number of aliphatic hydroxyl groups excluding tert-OH is 1. The number of aliphatic hydroxyl groups is 1. The first-order valence-electron chi connectivity index (χ1n) is 14.5. The third kappa shape index (κ3) is 4.13. The number of hydrogen-bond acceptors (Lipinski definition) is 7. The first kappa shape index (κ1) is 28.1. The van der Waals surface area contributed by atoms with E-state index in [1.165, 1.54) is 18.1 Å². The molecule has 5 aliphatic rings. The summed E-state index contributed by atoms with van der Waals surface area (Å²) in [5.74, 6) is -0.675. The van der Waals surface area contributed by atoms with Gasteiger partial charge in [0.25, 0.3) is 0 Å². The van der Waals surface area contributed by atoms with Crippen molar-refractivity contribution in [3.05, 3.63) is 34.9 Å². The number of esters is 3. The summed E-state index contributed by atoms with van der Waals surface area (Å²) < 4.78 is 17.5. The summed E-state index contributed by atoms with van der Waals surface area (Å²) in [7, 11) is 0. The quantitative estimate of drug-likeness (QED) is 0.386. The van der Waals surface area contributed by atoms with Crippen LogP contribution in [0.15, 0.2) is 34.9 Å². The van der Waals surface area contributed by atoms with Gasteiger partial charge >= 0.3 is 17.9 Å². The zero-order valence-electron chi connectivity index (χ0n) is 24.5. The Morgan fingerprint density at radius 3 is 2.56 bits per heavy atom. The number of rotatable bonds is 4. The van der Waals surface area contributed by atoms with Crippen molar-refractivity contribution in [1.29, 1.82) is 0 Å². The Morgan fingerprint density at radius 1 is 1.15 bits per heavy atom. The normalized spacial score (nSPS) is 41.8. The van der Waals surface area contributed by atoms with Gasteiger partial charge in [-0.05, 0) is 92.8 Å². The van der Waals surface area contributed by atoms with Crippen LogP contribution in [0.2, 0.25) is 0 Å². The van der Waals surface area contributed by atoms with Gasteiger partial charge in [-0.25, -0.2) is 4.79 Å². The van der Waals surface area contributed by atoms with Crippen LogP contribution in [0.25, 0.3) is 0 Å². The van der Waals surface area contributed by atoms with Crippen LogP contribution in [0.3, 0.4) is 0 Å². The molecule has 3 aliphatic carbocycles. The highest BCUT2D eigenvalue weighted by molar-refractivity contribution is 5.88. The fraction of sp³-hybridized carbons (Fsp3) is 0.719. The van der Waals surface area contributed by atoms with E-state index in [1.807, 2.05) is 13.8 Å². The minimum atomic E-state index is -0.810. The summed E-state index contributed by atoms with van der Waals surface area (Å²) in [4.78, 5) is 37.1. The Balaban J connectivity index is 1.55. The molecule has 0 spiro atoms. The molecule has 0 amide bonds. The van der Waals surface area contributed by atoms with Crippen molar-refractivity contribution >= 4 is 17.9 Å². The third-order valence-corrected chi connectivity index (χ3v) is 11.4. The molecule has 0 aromatic carbocycles. The van der Waals surface area contributed by atoms with Gasteiger partial charge in [0.1, 0.15) is 24.4 Å². The van der Waals surface area contributed by atoms with Crippen LogP contribution in [0.4, 0.5) is 0 Å². The predicted molar refractivity (Wildman–Crippen MR) is 145 cm³/mol. The summed E-state index contributed by atoms with van der Waals surface area (Å²) in [6, 6.07) is 0. The molecule has 2 fully saturated rings. The second kappa shape index (κ2) is 9.32. The molecular weight excluding hydrogens is 496 g/mol. The van der Waals surface area contributed by atoms with Crippen molar-refractivity contribution in [2.75, 3.05) is 6.61 Å². The smallest absolute Gasteiger partial charge is 0.333 e. The van der Waals surface area contributed by atoms with Crippen LogP contribution in [0.1, 0.15) is 87.0 Å². The van der Waals surface area contributed by atoms with E-state index in [2.05, 4.69) is 32.9 Å². The molecule has 7 nitrogen and oxygen atoms in total. The molecule has 2 heterocycles. The maximum absolute atomic E-state index is 12.7. The van der Waals surface area contributed by atoms with Crippen molar-refractivity contribution in [2.45, 2.75) is 105 Å². The highest BCUT2D eigenvalue weighted by Gasteiger charge is 2.64. The van der Waals surface area contributed by atoms with E-state index < -0.39 is 23.2 Å². The van der Waals surface area contributed by atoms with Crippen molar-refractivity contribution < 1.29 is 33.7 Å². The largest absolute Gasteiger partial charge is 0.465 e. The molecule has 8 atom stereocenters. The maximum Gasteiger partial charge on any atom is 0.333 e. The first-order chi connectivity index (χ1) is 18.2. The van der Waals surface area contributed by atoms with Crippen molar-refractivity contribution in [1.82, 2.24) is 0 Å². The highest BCUT2D eigenvalue weighted by atomic mass is 16.6. The monoisotopic (exact) mass is 540 g/mol. The van der Waals surface area contributed by atoms with Gasteiger partial charge in [0.2, 0.25) is 0 Å². The molecule has 0 unspecified atom stereocenters. The second-order valence-corrected chi connectivity index (χ2v) is 13.7. The number of ether oxygens (including phenoxy) is 3. The van der Waals surface area contributed by atoms with E-state index in [4.69, 9.17) is 14.2 Å². The van der Waals surface area contributed by atoms with Gasteiger partial charge in [0.05, 0.1) is 0 Å². The molecule has 0 aromatic rings. The van der Waals surface area contributed by atoms with Gasteiger partial charge < -0.3 is 19.3 Å². The van der Waals surface area contributed by atoms with Crippen molar-refractivity contribution in [2.24, 2.45) is 34.0 Å². The minimum absolute atomic E-state index is 0.0123. The molecule has 7 heteroatoms. The SMILES string of the molecule is CC(=O)OC[C@]12CCC(=O)OC(C)(C)[C@@H]1CC=C1C2=CC[C@]2(C)[C@@H]([C@H](C)[C@H]3OC(=O)C(C)=C[C@@H]3O)CC[C@@]12C. The molecule has 39 heavy (non-hydrogen) atoms. The lowest BCUT2D eigenvalue weighted by molar-refractivity contribution is -0.164. The topological polar surface area (TPSA) is 99.1 Å². The number of allylic oxidation sites excluding steroid dienone is 3. The van der Waals surface area contributed by atoms with Crippen molar-refractivity contribution in [3.8, 4) is 0 Å². The van der Waals surface area contributed by atoms with Crippen LogP contribution in [-0.2, 0) is 28.6 Å². The number of carbonyl (C=O) groups is 3. The fourth-order valence-corrected chi connectivity index (χ4v) is 9.13. The van der Waals surface area contributed by atoms with Crippen LogP contribution in [-0.4, -0.2) is 47.4 Å². The standard InChI is InChI=1S/C32H44O7/c1-18-16-24(34)27(38-28(18)36)19(2)21-10-13-31(7)22-8-9-25-29(4,5)39-26(35)12-15-32(25,17-37-20(3)33)23(22)11-14-30(21,31)6/h8,11,16,19,21,24-25,27,34H,9-10,12-15,17H2,1-7H3/t19-,21+,24-,25-,27+,30+,31-,32-/m0/s1. The zero-order chi connectivity index (χ0) is 28.5. The molecule has 1 saturated carbocycles. The lowest BCUT2D eigenvalue weighted by atomic mass is 9.47. The molecule has 0 bridgehead atoms. The van der Waals surface area contributed by atoms with E-state index in [9.17, 15) is 19.5 Å². The van der Waals surface area contributed by atoms with Gasteiger partial charge in [0, 0.05) is 30.3 Å². The summed E-state index contributed by atoms with van der Waals surface area (Å²) >= 11 is 0. The fourth-order valence-electron chi connectivity index (χ4n) is 9.13. The highest BCUT2D eigenvalue weighted by Crippen LogP contribution is 2.71. The molecule has 214 valence electrons. The molecule has 2 aliphatic heterocycles. The lowest BCUT2D eigenvalue weighted by Crippen LogP contribution is -2.54. The first-order valence-corrected chi connectivity index (χ1v) is 14.5. The Kier molecular flexibility index (Phi) is 6.72. The average Bonchev–Trinajstić information content (AvgIpc) is 3.08. The van der Waals surface area contributed by atoms with Crippen molar-refractivity contribution in [3.63, 3.8) is 0 Å². The van der Waals surface area contributed by atoms with Crippen LogP contribution >= 0.6 is 0 Å². The Bertz CT molecular complexity index is 1180. The molecule has 0 aromatic heterocycles. The molecule has 1 N–H and O–H groups in total. The van der Waals surface area contributed by atoms with Gasteiger partial charge in [0.15, 0.2) is 0 Å². The second-order valence-electron chi connectivity index (χ2n) is 13.7. The van der Waals surface area contributed by atoms with Gasteiger partial charge in [-0.2, -0.15) is 0 Å². The number of hydrogen-bond donors (Lipinski definition) is 1. The Morgan fingerprint density at radius 2 is 1.87 bits per heavy atom.